The third-order valence-electron chi connectivity index (χ3n) is 3.17. The van der Waals surface area contributed by atoms with Gasteiger partial charge in [-0.3, -0.25) is 9.78 Å². The van der Waals surface area contributed by atoms with Gasteiger partial charge in [-0.1, -0.05) is 24.3 Å². The molecule has 0 radical (unpaired) electrons. The molecule has 0 saturated carbocycles. The van der Waals surface area contributed by atoms with Gasteiger partial charge in [-0.2, -0.15) is 0 Å². The highest BCUT2D eigenvalue weighted by atomic mass is 16.5. The number of hydrogen-bond donors (Lipinski definition) is 2. The number of benzene rings is 1. The molecule has 1 aromatic heterocycles. The van der Waals surface area contributed by atoms with Gasteiger partial charge in [0.15, 0.2) is 0 Å². The second-order valence-electron chi connectivity index (χ2n) is 5.26. The lowest BCUT2D eigenvalue weighted by Gasteiger charge is -2.20. The SMILES string of the molecule is CC(N)(Cc1cccc(COc2cccnc2)c1)C(N)=O. The number of carbonyl (C=O) groups excluding carboxylic acids is 1. The molecule has 2 aromatic rings. The third-order valence-corrected chi connectivity index (χ3v) is 3.17. The maximum Gasteiger partial charge on any atom is 0.237 e. The molecule has 1 unspecified atom stereocenters. The van der Waals surface area contributed by atoms with Gasteiger partial charge in [0.05, 0.1) is 11.7 Å². The maximum atomic E-state index is 11.3. The average molecular weight is 285 g/mol. The Morgan fingerprint density at radius 3 is 2.71 bits per heavy atom. The number of nitrogens with zero attached hydrogens (tertiary/aromatic N) is 1. The van der Waals surface area contributed by atoms with Gasteiger partial charge < -0.3 is 16.2 Å². The van der Waals surface area contributed by atoms with Crippen LogP contribution in [0.4, 0.5) is 0 Å². The summed E-state index contributed by atoms with van der Waals surface area (Å²) in [6.07, 6.45) is 3.75. The molecule has 5 nitrogen and oxygen atoms in total. The number of carbonyl (C=O) groups is 1. The van der Waals surface area contributed by atoms with Gasteiger partial charge in [-0.15, -0.1) is 0 Å². The van der Waals surface area contributed by atoms with Gasteiger partial charge >= 0.3 is 0 Å². The van der Waals surface area contributed by atoms with E-state index in [9.17, 15) is 4.79 Å². The maximum absolute atomic E-state index is 11.3. The van der Waals surface area contributed by atoms with Crippen molar-refractivity contribution in [2.24, 2.45) is 11.5 Å². The van der Waals surface area contributed by atoms with Gasteiger partial charge in [-0.25, -0.2) is 0 Å². The average Bonchev–Trinajstić information content (AvgIpc) is 2.46. The highest BCUT2D eigenvalue weighted by molar-refractivity contribution is 5.84. The predicted octanol–water partition coefficient (Wildman–Crippen LogP) is 1.41. The summed E-state index contributed by atoms with van der Waals surface area (Å²) < 4.78 is 5.64. The molecule has 2 rings (SSSR count). The van der Waals surface area contributed by atoms with E-state index in [1.807, 2.05) is 36.4 Å². The van der Waals surface area contributed by atoms with Crippen molar-refractivity contribution in [3.05, 3.63) is 59.9 Å². The van der Waals surface area contributed by atoms with Crippen LogP contribution in [0.25, 0.3) is 0 Å². The molecule has 0 bridgehead atoms. The molecule has 21 heavy (non-hydrogen) atoms. The Labute approximate surface area is 123 Å². The van der Waals surface area contributed by atoms with E-state index in [1.165, 1.54) is 0 Å². The van der Waals surface area contributed by atoms with Crippen LogP contribution in [0.15, 0.2) is 48.8 Å². The first-order valence-corrected chi connectivity index (χ1v) is 6.67. The molecule has 0 aliphatic heterocycles. The zero-order valence-electron chi connectivity index (χ0n) is 12.0. The lowest BCUT2D eigenvalue weighted by molar-refractivity contribution is -0.122. The quantitative estimate of drug-likeness (QED) is 0.839. The molecule has 0 aliphatic carbocycles. The fraction of sp³-hybridized carbons (Fsp3) is 0.250. The highest BCUT2D eigenvalue weighted by Crippen LogP contribution is 2.15. The number of ether oxygens (including phenoxy) is 1. The Balaban J connectivity index is 2.03. The topological polar surface area (TPSA) is 91.2 Å². The minimum Gasteiger partial charge on any atom is -0.487 e. The molecular formula is C16H19N3O2. The predicted molar refractivity (Wildman–Crippen MR) is 80.5 cm³/mol. The van der Waals surface area contributed by atoms with Crippen LogP contribution in [0.3, 0.4) is 0 Å². The minimum absolute atomic E-state index is 0.392. The number of aromatic nitrogens is 1. The molecule has 110 valence electrons. The van der Waals surface area contributed by atoms with Crippen LogP contribution in [-0.4, -0.2) is 16.4 Å². The van der Waals surface area contributed by atoms with Gasteiger partial charge in [0.1, 0.15) is 12.4 Å². The monoisotopic (exact) mass is 285 g/mol. The first-order chi connectivity index (χ1) is 9.97. The van der Waals surface area contributed by atoms with Crippen LogP contribution >= 0.6 is 0 Å². The number of nitrogens with two attached hydrogens (primary N) is 2. The van der Waals surface area contributed by atoms with Gasteiger partial charge in [0.25, 0.3) is 0 Å². The molecule has 0 saturated heterocycles. The van der Waals surface area contributed by atoms with E-state index in [0.717, 1.165) is 11.1 Å². The van der Waals surface area contributed by atoms with Gasteiger partial charge in [-0.05, 0) is 36.6 Å². The molecule has 0 spiro atoms. The number of hydrogen-bond acceptors (Lipinski definition) is 4. The zero-order chi connectivity index (χ0) is 15.3. The second-order valence-corrected chi connectivity index (χ2v) is 5.26. The molecule has 0 fully saturated rings. The van der Waals surface area contributed by atoms with Crippen LogP contribution in [-0.2, 0) is 17.8 Å². The third kappa shape index (κ3) is 4.29. The Kier molecular flexibility index (Phi) is 4.55. The summed E-state index contributed by atoms with van der Waals surface area (Å²) in [7, 11) is 0. The first kappa shape index (κ1) is 15.0. The molecular weight excluding hydrogens is 266 g/mol. The molecule has 1 amide bonds. The van der Waals surface area contributed by atoms with E-state index >= 15 is 0 Å². The number of rotatable bonds is 6. The van der Waals surface area contributed by atoms with Crippen molar-refractivity contribution in [1.29, 1.82) is 0 Å². The largest absolute Gasteiger partial charge is 0.487 e. The molecule has 1 heterocycles. The van der Waals surface area contributed by atoms with Gasteiger partial charge in [0.2, 0.25) is 5.91 Å². The molecule has 5 heteroatoms. The molecule has 1 atom stereocenters. The summed E-state index contributed by atoms with van der Waals surface area (Å²) in [5, 5.41) is 0. The Morgan fingerprint density at radius 1 is 1.29 bits per heavy atom. The normalized spacial score (nSPS) is 13.4. The number of primary amides is 1. The first-order valence-electron chi connectivity index (χ1n) is 6.67. The van der Waals surface area contributed by atoms with Crippen LogP contribution < -0.4 is 16.2 Å². The summed E-state index contributed by atoms with van der Waals surface area (Å²) >= 11 is 0. The van der Waals surface area contributed by atoms with Crippen LogP contribution in [0.5, 0.6) is 5.75 Å². The fourth-order valence-corrected chi connectivity index (χ4v) is 1.94. The van der Waals surface area contributed by atoms with E-state index in [-0.39, 0.29) is 0 Å². The van der Waals surface area contributed by atoms with Crippen molar-refractivity contribution >= 4 is 5.91 Å². The highest BCUT2D eigenvalue weighted by Gasteiger charge is 2.25. The van der Waals surface area contributed by atoms with E-state index < -0.39 is 11.4 Å². The standard InChI is InChI=1S/C16H19N3O2/c1-16(18,15(17)20)9-12-4-2-5-13(8-12)11-21-14-6-3-7-19-10-14/h2-8,10H,9,11,18H2,1H3,(H2,17,20). The number of pyridine rings is 1. The molecule has 1 aromatic carbocycles. The summed E-state index contributed by atoms with van der Waals surface area (Å²) in [5.41, 5.74) is 12.1. The van der Waals surface area contributed by atoms with Crippen molar-refractivity contribution in [2.75, 3.05) is 0 Å². The zero-order valence-corrected chi connectivity index (χ0v) is 12.0. The van der Waals surface area contributed by atoms with Crippen molar-refractivity contribution in [1.82, 2.24) is 4.98 Å². The summed E-state index contributed by atoms with van der Waals surface area (Å²) in [4.78, 5) is 15.3. The van der Waals surface area contributed by atoms with Crippen molar-refractivity contribution in [3.63, 3.8) is 0 Å². The Hall–Kier alpha value is -2.40. The van der Waals surface area contributed by atoms with E-state index in [1.54, 1.807) is 19.3 Å². The van der Waals surface area contributed by atoms with E-state index in [0.29, 0.717) is 18.8 Å². The summed E-state index contributed by atoms with van der Waals surface area (Å²) in [6, 6.07) is 11.4. The summed E-state index contributed by atoms with van der Waals surface area (Å²) in [5.74, 6) is 0.197. The smallest absolute Gasteiger partial charge is 0.237 e. The van der Waals surface area contributed by atoms with Gasteiger partial charge in [0, 0.05) is 6.20 Å². The molecule has 0 aliphatic rings. The van der Waals surface area contributed by atoms with Crippen LogP contribution in [0.2, 0.25) is 0 Å². The van der Waals surface area contributed by atoms with Crippen LogP contribution in [0, 0.1) is 0 Å². The Morgan fingerprint density at radius 2 is 2.05 bits per heavy atom. The van der Waals surface area contributed by atoms with Crippen LogP contribution in [0.1, 0.15) is 18.1 Å². The second kappa shape index (κ2) is 6.37. The minimum atomic E-state index is -1.05. The van der Waals surface area contributed by atoms with Crippen molar-refractivity contribution in [2.45, 2.75) is 25.5 Å². The number of amides is 1. The lowest BCUT2D eigenvalue weighted by atomic mass is 9.92. The fourth-order valence-electron chi connectivity index (χ4n) is 1.94. The Bertz CT molecular complexity index is 612. The van der Waals surface area contributed by atoms with E-state index in [2.05, 4.69) is 4.98 Å². The van der Waals surface area contributed by atoms with Crippen molar-refractivity contribution < 1.29 is 9.53 Å². The van der Waals surface area contributed by atoms with E-state index in [4.69, 9.17) is 16.2 Å². The summed E-state index contributed by atoms with van der Waals surface area (Å²) in [6.45, 7) is 2.06. The lowest BCUT2D eigenvalue weighted by Crippen LogP contribution is -2.51. The molecule has 4 N–H and O–H groups in total. The van der Waals surface area contributed by atoms with Crippen molar-refractivity contribution in [3.8, 4) is 5.75 Å².